The summed E-state index contributed by atoms with van der Waals surface area (Å²) in [5.41, 5.74) is -0.0203. The molecule has 0 bridgehead atoms. The van der Waals surface area contributed by atoms with E-state index in [-0.39, 0.29) is 54.0 Å². The largest absolute Gasteiger partial charge is 0.469 e. The summed E-state index contributed by atoms with van der Waals surface area (Å²) < 4.78 is 21.4. The van der Waals surface area contributed by atoms with E-state index < -0.39 is 0 Å². The molecule has 47 heavy (non-hydrogen) atoms. The standard InChI is InChI=1S/C39H54N2O6/c1-27(11-16-35(42)45-4)31-14-15-32-30-13-12-28-23-29(46-36(43)25-40-19-7-5-8-20-40)17-18-38(28,2)33(30)24-34(39(31,32)3)47-37(44)26-41-21-9-6-10-22-41/h5-10,19-22,27-34H,11-18,23-26H2,1-4H3/q+2/t27-,28-,29-,30+,31-,32+,33+,34+,38+,39-/m1/s1. The quantitative estimate of drug-likeness (QED) is 0.189. The van der Waals surface area contributed by atoms with E-state index in [1.807, 2.05) is 70.3 Å². The third-order valence-corrected chi connectivity index (χ3v) is 13.2. The fraction of sp³-hybridized carbons (Fsp3) is 0.667. The minimum atomic E-state index is -0.179. The maximum atomic E-state index is 13.6. The van der Waals surface area contributed by atoms with Crippen molar-refractivity contribution in [3.63, 3.8) is 0 Å². The van der Waals surface area contributed by atoms with Crippen LogP contribution in [0, 0.1) is 46.3 Å². The molecule has 10 atom stereocenters. The lowest BCUT2D eigenvalue weighted by Gasteiger charge is -2.62. The molecule has 2 heterocycles. The van der Waals surface area contributed by atoms with Crippen LogP contribution >= 0.6 is 0 Å². The first kappa shape index (κ1) is 33.6. The predicted molar refractivity (Wildman–Crippen MR) is 174 cm³/mol. The second kappa shape index (κ2) is 14.1. The van der Waals surface area contributed by atoms with Crippen LogP contribution in [0.3, 0.4) is 0 Å². The van der Waals surface area contributed by atoms with E-state index >= 15 is 0 Å². The fourth-order valence-corrected chi connectivity index (χ4v) is 10.8. The lowest BCUT2D eigenvalue weighted by Crippen LogP contribution is -2.60. The number of aromatic nitrogens is 2. The van der Waals surface area contributed by atoms with E-state index in [2.05, 4.69) is 20.8 Å². The molecular formula is C39H54N2O6+2. The molecule has 0 saturated heterocycles. The minimum absolute atomic E-state index is 0.0432. The third kappa shape index (κ3) is 6.84. The number of hydrogen-bond acceptors (Lipinski definition) is 6. The molecule has 254 valence electrons. The Balaban J connectivity index is 1.20. The zero-order valence-electron chi connectivity index (χ0n) is 28.7. The molecule has 0 amide bonds. The molecule has 0 aliphatic heterocycles. The summed E-state index contributed by atoms with van der Waals surface area (Å²) in [6, 6.07) is 11.6. The van der Waals surface area contributed by atoms with Crippen molar-refractivity contribution in [2.45, 2.75) is 110 Å². The number of rotatable bonds is 10. The first-order valence-electron chi connectivity index (χ1n) is 18.0. The van der Waals surface area contributed by atoms with Gasteiger partial charge in [0.15, 0.2) is 24.8 Å². The van der Waals surface area contributed by atoms with E-state index in [0.717, 1.165) is 51.4 Å². The number of esters is 3. The molecule has 0 radical (unpaired) electrons. The van der Waals surface area contributed by atoms with Crippen molar-refractivity contribution in [3.05, 3.63) is 61.2 Å². The van der Waals surface area contributed by atoms with Crippen LogP contribution in [0.15, 0.2) is 61.2 Å². The van der Waals surface area contributed by atoms with Crippen molar-refractivity contribution in [2.75, 3.05) is 7.11 Å². The van der Waals surface area contributed by atoms with Gasteiger partial charge in [-0.1, -0.05) is 32.9 Å². The average Bonchev–Trinajstić information content (AvgIpc) is 3.43. The number of fused-ring (bicyclic) bond motifs is 5. The van der Waals surface area contributed by atoms with Gasteiger partial charge in [-0.05, 0) is 98.7 Å². The zero-order chi connectivity index (χ0) is 33.2. The van der Waals surface area contributed by atoms with Crippen LogP contribution in [0.25, 0.3) is 0 Å². The zero-order valence-corrected chi connectivity index (χ0v) is 28.7. The first-order chi connectivity index (χ1) is 22.6. The smallest absolute Gasteiger partial charge is 0.372 e. The van der Waals surface area contributed by atoms with Crippen LogP contribution in [0.5, 0.6) is 0 Å². The number of nitrogens with zero attached hydrogens (tertiary/aromatic N) is 2. The van der Waals surface area contributed by atoms with E-state index in [4.69, 9.17) is 14.2 Å². The Bertz CT molecular complexity index is 1400. The summed E-state index contributed by atoms with van der Waals surface area (Å²) in [6.07, 6.45) is 16.9. The molecule has 4 saturated carbocycles. The van der Waals surface area contributed by atoms with Gasteiger partial charge in [0.25, 0.3) is 0 Å². The normalized spacial score (nSPS) is 35.0. The molecule has 4 aliphatic carbocycles. The van der Waals surface area contributed by atoms with E-state index in [9.17, 15) is 14.4 Å². The number of pyridine rings is 2. The molecule has 8 nitrogen and oxygen atoms in total. The Morgan fingerprint density at radius 2 is 1.40 bits per heavy atom. The van der Waals surface area contributed by atoms with Gasteiger partial charge < -0.3 is 14.2 Å². The highest BCUT2D eigenvalue weighted by molar-refractivity contribution is 5.69. The highest BCUT2D eigenvalue weighted by Crippen LogP contribution is 2.69. The minimum Gasteiger partial charge on any atom is -0.469 e. The van der Waals surface area contributed by atoms with Crippen LogP contribution in [0.2, 0.25) is 0 Å². The van der Waals surface area contributed by atoms with Gasteiger partial charge in [-0.25, -0.2) is 9.59 Å². The van der Waals surface area contributed by atoms with Crippen molar-refractivity contribution >= 4 is 17.9 Å². The Morgan fingerprint density at radius 1 is 0.766 bits per heavy atom. The lowest BCUT2D eigenvalue weighted by molar-refractivity contribution is -0.686. The molecule has 4 aliphatic rings. The second-order valence-corrected chi connectivity index (χ2v) is 15.5. The third-order valence-electron chi connectivity index (χ3n) is 13.2. The van der Waals surface area contributed by atoms with E-state index in [1.54, 1.807) is 0 Å². The second-order valence-electron chi connectivity index (χ2n) is 15.5. The highest BCUT2D eigenvalue weighted by Gasteiger charge is 2.65. The molecule has 6 rings (SSSR count). The van der Waals surface area contributed by atoms with Gasteiger partial charge in [0.2, 0.25) is 13.1 Å². The van der Waals surface area contributed by atoms with Crippen molar-refractivity contribution in [1.29, 1.82) is 0 Å². The van der Waals surface area contributed by atoms with Gasteiger partial charge in [0, 0.05) is 36.1 Å². The monoisotopic (exact) mass is 646 g/mol. The molecule has 2 aromatic rings. The van der Waals surface area contributed by atoms with Gasteiger partial charge in [0.1, 0.15) is 12.2 Å². The van der Waals surface area contributed by atoms with Gasteiger partial charge in [0.05, 0.1) is 7.11 Å². The lowest BCUT2D eigenvalue weighted by atomic mass is 9.43. The SMILES string of the molecule is COC(=O)CC[C@@H](C)[C@H]1CC[C@H]2[C@@H]3CC[C@@H]4C[C@H](OC(=O)C[n+]5ccccc5)CC[C@]4(C)[C@H]3C[C@H](OC(=O)C[n+]3ccccc3)[C@]12C. The Hall–Kier alpha value is -3.29. The molecule has 8 heteroatoms. The van der Waals surface area contributed by atoms with Gasteiger partial charge in [-0.2, -0.15) is 9.13 Å². The van der Waals surface area contributed by atoms with Crippen molar-refractivity contribution in [1.82, 2.24) is 0 Å². The molecular weight excluding hydrogens is 592 g/mol. The maximum absolute atomic E-state index is 13.6. The van der Waals surface area contributed by atoms with Crippen molar-refractivity contribution < 1.29 is 37.7 Å². The van der Waals surface area contributed by atoms with Gasteiger partial charge in [-0.15, -0.1) is 0 Å². The predicted octanol–water partition coefficient (Wildman–Crippen LogP) is 5.64. The van der Waals surface area contributed by atoms with Crippen molar-refractivity contribution in [3.8, 4) is 0 Å². The number of hydrogen-bond donors (Lipinski definition) is 0. The highest BCUT2D eigenvalue weighted by atomic mass is 16.5. The number of carbonyl (C=O) groups excluding carboxylic acids is 3. The molecule has 2 aromatic heterocycles. The fourth-order valence-electron chi connectivity index (χ4n) is 10.8. The summed E-state index contributed by atoms with van der Waals surface area (Å²) in [5.74, 6) is 2.21. The molecule has 0 unspecified atom stereocenters. The number of carbonyl (C=O) groups is 3. The summed E-state index contributed by atoms with van der Waals surface area (Å²) >= 11 is 0. The summed E-state index contributed by atoms with van der Waals surface area (Å²) in [6.45, 7) is 7.60. The topological polar surface area (TPSA) is 86.7 Å². The van der Waals surface area contributed by atoms with Crippen LogP contribution < -0.4 is 9.13 Å². The molecule has 0 N–H and O–H groups in total. The number of methoxy groups -OCH3 is 1. The average molecular weight is 647 g/mol. The summed E-state index contributed by atoms with van der Waals surface area (Å²) in [7, 11) is 1.46. The Morgan fingerprint density at radius 3 is 2.04 bits per heavy atom. The Labute approximate surface area is 280 Å². The number of ether oxygens (including phenoxy) is 3. The van der Waals surface area contributed by atoms with Gasteiger partial charge >= 0.3 is 17.9 Å². The summed E-state index contributed by atoms with van der Waals surface area (Å²) in [5, 5.41) is 0. The molecule has 0 aromatic carbocycles. The van der Waals surface area contributed by atoms with Crippen LogP contribution in [0.1, 0.15) is 85.0 Å². The van der Waals surface area contributed by atoms with Gasteiger partial charge in [-0.3, -0.25) is 4.79 Å². The van der Waals surface area contributed by atoms with Crippen LogP contribution in [0.4, 0.5) is 0 Å². The summed E-state index contributed by atoms with van der Waals surface area (Å²) in [4.78, 5) is 38.5. The van der Waals surface area contributed by atoms with Crippen LogP contribution in [-0.4, -0.2) is 37.2 Å². The maximum Gasteiger partial charge on any atom is 0.372 e. The Kier molecular flexibility index (Phi) is 10.0. The molecule has 0 spiro atoms. The van der Waals surface area contributed by atoms with E-state index in [0.29, 0.717) is 41.9 Å². The molecule has 4 fully saturated rings. The van der Waals surface area contributed by atoms with Crippen molar-refractivity contribution in [2.24, 2.45) is 46.3 Å². The first-order valence-corrected chi connectivity index (χ1v) is 18.0. The van der Waals surface area contributed by atoms with Crippen LogP contribution in [-0.2, 0) is 41.7 Å². The van der Waals surface area contributed by atoms with E-state index in [1.165, 1.54) is 13.5 Å².